The van der Waals surface area contributed by atoms with Gasteiger partial charge in [0, 0.05) is 23.0 Å². The summed E-state index contributed by atoms with van der Waals surface area (Å²) in [6.45, 7) is 2.67. The summed E-state index contributed by atoms with van der Waals surface area (Å²) >= 11 is 0. The number of nitrogen functional groups attached to an aromatic ring is 1. The average molecular weight is 264 g/mol. The van der Waals surface area contributed by atoms with Crippen LogP contribution in [0, 0.1) is 6.92 Å². The van der Waals surface area contributed by atoms with Crippen LogP contribution in [0.1, 0.15) is 11.3 Å². The molecule has 4 nitrogen and oxygen atoms in total. The smallest absolute Gasteiger partial charge is 0.156 e. The second-order valence-electron chi connectivity index (χ2n) is 4.77. The van der Waals surface area contributed by atoms with Crippen molar-refractivity contribution in [1.82, 2.24) is 10.2 Å². The minimum absolute atomic E-state index is 0.696. The Morgan fingerprint density at radius 2 is 1.65 bits per heavy atom. The standard InChI is InChI=1S/C16H16N4/c1-11-14-4-2-3-5-15(14)16(20-19-11)18-10-12-6-8-13(17)9-7-12/h2-9H,10,17H2,1H3,(H,18,20). The SMILES string of the molecule is Cc1nnc(NCc2ccc(N)cc2)c2ccccc12. The first-order valence-electron chi connectivity index (χ1n) is 6.54. The minimum Gasteiger partial charge on any atom is -0.399 e. The summed E-state index contributed by atoms with van der Waals surface area (Å²) in [5.41, 5.74) is 8.56. The summed E-state index contributed by atoms with van der Waals surface area (Å²) in [5.74, 6) is 0.808. The Kier molecular flexibility index (Phi) is 3.21. The van der Waals surface area contributed by atoms with Crippen LogP contribution in [0.5, 0.6) is 0 Å². The van der Waals surface area contributed by atoms with Crippen LogP contribution in [0.15, 0.2) is 48.5 Å². The number of anilines is 2. The van der Waals surface area contributed by atoms with Crippen LogP contribution in [0.3, 0.4) is 0 Å². The fraction of sp³-hybridized carbons (Fsp3) is 0.125. The Bertz CT molecular complexity index is 735. The molecule has 0 fully saturated rings. The van der Waals surface area contributed by atoms with E-state index in [4.69, 9.17) is 5.73 Å². The van der Waals surface area contributed by atoms with Gasteiger partial charge in [-0.05, 0) is 24.6 Å². The molecule has 3 aromatic rings. The Morgan fingerprint density at radius 1 is 0.950 bits per heavy atom. The third-order valence-corrected chi connectivity index (χ3v) is 3.31. The predicted octanol–water partition coefficient (Wildman–Crippen LogP) is 3.13. The highest BCUT2D eigenvalue weighted by Gasteiger charge is 2.05. The Morgan fingerprint density at radius 3 is 2.40 bits per heavy atom. The zero-order valence-corrected chi connectivity index (χ0v) is 11.3. The molecule has 2 aromatic carbocycles. The predicted molar refractivity (Wildman–Crippen MR) is 82.5 cm³/mol. The molecule has 3 rings (SSSR count). The number of hydrogen-bond donors (Lipinski definition) is 2. The molecular formula is C16H16N4. The lowest BCUT2D eigenvalue weighted by atomic mass is 10.1. The van der Waals surface area contributed by atoms with Gasteiger partial charge in [0.25, 0.3) is 0 Å². The first-order chi connectivity index (χ1) is 9.74. The van der Waals surface area contributed by atoms with E-state index in [0.29, 0.717) is 6.54 Å². The number of nitrogens with two attached hydrogens (primary N) is 1. The molecule has 0 bridgehead atoms. The van der Waals surface area contributed by atoms with E-state index < -0.39 is 0 Å². The minimum atomic E-state index is 0.696. The van der Waals surface area contributed by atoms with E-state index >= 15 is 0 Å². The molecule has 0 aliphatic carbocycles. The third-order valence-electron chi connectivity index (χ3n) is 3.31. The Balaban J connectivity index is 1.88. The van der Waals surface area contributed by atoms with Gasteiger partial charge in [-0.3, -0.25) is 0 Å². The zero-order chi connectivity index (χ0) is 13.9. The number of aromatic nitrogens is 2. The molecule has 0 saturated carbocycles. The molecule has 1 heterocycles. The van der Waals surface area contributed by atoms with Crippen LogP contribution in [-0.4, -0.2) is 10.2 Å². The largest absolute Gasteiger partial charge is 0.399 e. The lowest BCUT2D eigenvalue weighted by Crippen LogP contribution is -2.04. The van der Waals surface area contributed by atoms with E-state index in [0.717, 1.165) is 33.5 Å². The normalized spacial score (nSPS) is 10.7. The maximum absolute atomic E-state index is 5.68. The van der Waals surface area contributed by atoms with Crippen LogP contribution in [0.25, 0.3) is 10.8 Å². The van der Waals surface area contributed by atoms with E-state index in [2.05, 4.69) is 27.6 Å². The Labute approximate surface area is 117 Å². The summed E-state index contributed by atoms with van der Waals surface area (Å²) < 4.78 is 0. The van der Waals surface area contributed by atoms with E-state index in [1.54, 1.807) is 0 Å². The van der Waals surface area contributed by atoms with Crippen molar-refractivity contribution < 1.29 is 0 Å². The van der Waals surface area contributed by atoms with Crippen LogP contribution in [0.2, 0.25) is 0 Å². The summed E-state index contributed by atoms with van der Waals surface area (Å²) in [6.07, 6.45) is 0. The van der Waals surface area contributed by atoms with E-state index in [1.807, 2.05) is 43.3 Å². The molecule has 20 heavy (non-hydrogen) atoms. The third kappa shape index (κ3) is 2.40. The topological polar surface area (TPSA) is 63.8 Å². The molecule has 0 aliphatic heterocycles. The maximum atomic E-state index is 5.68. The van der Waals surface area contributed by atoms with Crippen LogP contribution in [0.4, 0.5) is 11.5 Å². The molecule has 3 N–H and O–H groups in total. The van der Waals surface area contributed by atoms with Crippen LogP contribution < -0.4 is 11.1 Å². The molecule has 4 heteroatoms. The average Bonchev–Trinajstić information content (AvgIpc) is 2.49. The van der Waals surface area contributed by atoms with Crippen molar-refractivity contribution >= 4 is 22.3 Å². The Hall–Kier alpha value is -2.62. The van der Waals surface area contributed by atoms with Crippen molar-refractivity contribution in [2.24, 2.45) is 0 Å². The number of nitrogens with zero attached hydrogens (tertiary/aromatic N) is 2. The first-order valence-corrected chi connectivity index (χ1v) is 6.54. The number of nitrogens with one attached hydrogen (secondary N) is 1. The van der Waals surface area contributed by atoms with Gasteiger partial charge in [0.1, 0.15) is 0 Å². The van der Waals surface area contributed by atoms with Gasteiger partial charge < -0.3 is 11.1 Å². The van der Waals surface area contributed by atoms with Gasteiger partial charge in [0.05, 0.1) is 5.69 Å². The first kappa shape index (κ1) is 12.4. The van der Waals surface area contributed by atoms with Gasteiger partial charge in [0.2, 0.25) is 0 Å². The second kappa shape index (κ2) is 5.17. The van der Waals surface area contributed by atoms with Gasteiger partial charge in [-0.1, -0.05) is 36.4 Å². The quantitative estimate of drug-likeness (QED) is 0.713. The van der Waals surface area contributed by atoms with Crippen LogP contribution >= 0.6 is 0 Å². The fourth-order valence-corrected chi connectivity index (χ4v) is 2.19. The molecule has 0 aliphatic rings. The molecule has 0 unspecified atom stereocenters. The van der Waals surface area contributed by atoms with Crippen molar-refractivity contribution in [3.05, 3.63) is 59.8 Å². The molecule has 0 radical (unpaired) electrons. The van der Waals surface area contributed by atoms with Crippen molar-refractivity contribution in [1.29, 1.82) is 0 Å². The number of benzene rings is 2. The summed E-state index contributed by atoms with van der Waals surface area (Å²) in [7, 11) is 0. The number of rotatable bonds is 3. The van der Waals surface area contributed by atoms with Gasteiger partial charge in [-0.15, -0.1) is 5.10 Å². The lowest BCUT2D eigenvalue weighted by Gasteiger charge is -2.09. The molecular weight excluding hydrogens is 248 g/mol. The van der Waals surface area contributed by atoms with Gasteiger partial charge >= 0.3 is 0 Å². The highest BCUT2D eigenvalue weighted by Crippen LogP contribution is 2.22. The lowest BCUT2D eigenvalue weighted by molar-refractivity contribution is 0.983. The fourth-order valence-electron chi connectivity index (χ4n) is 2.19. The van der Waals surface area contributed by atoms with Crippen molar-refractivity contribution in [3.63, 3.8) is 0 Å². The highest BCUT2D eigenvalue weighted by atomic mass is 15.2. The molecule has 0 spiro atoms. The van der Waals surface area contributed by atoms with Crippen LogP contribution in [-0.2, 0) is 6.54 Å². The summed E-state index contributed by atoms with van der Waals surface area (Å²) in [5, 5.41) is 14.0. The van der Waals surface area contributed by atoms with Crippen molar-refractivity contribution in [3.8, 4) is 0 Å². The summed E-state index contributed by atoms with van der Waals surface area (Å²) in [4.78, 5) is 0. The summed E-state index contributed by atoms with van der Waals surface area (Å²) in [6, 6.07) is 16.0. The molecule has 100 valence electrons. The van der Waals surface area contributed by atoms with E-state index in [1.165, 1.54) is 0 Å². The van der Waals surface area contributed by atoms with Gasteiger partial charge in [0.15, 0.2) is 5.82 Å². The molecule has 0 amide bonds. The monoisotopic (exact) mass is 264 g/mol. The van der Waals surface area contributed by atoms with Gasteiger partial charge in [-0.25, -0.2) is 0 Å². The van der Waals surface area contributed by atoms with E-state index in [-0.39, 0.29) is 0 Å². The van der Waals surface area contributed by atoms with E-state index in [9.17, 15) is 0 Å². The van der Waals surface area contributed by atoms with Crippen molar-refractivity contribution in [2.75, 3.05) is 11.1 Å². The number of aryl methyl sites for hydroxylation is 1. The zero-order valence-electron chi connectivity index (χ0n) is 11.3. The maximum Gasteiger partial charge on any atom is 0.156 e. The molecule has 1 aromatic heterocycles. The number of fused-ring (bicyclic) bond motifs is 1. The van der Waals surface area contributed by atoms with Gasteiger partial charge in [-0.2, -0.15) is 5.10 Å². The molecule has 0 saturated heterocycles. The second-order valence-corrected chi connectivity index (χ2v) is 4.77. The number of hydrogen-bond acceptors (Lipinski definition) is 4. The van der Waals surface area contributed by atoms with Crippen molar-refractivity contribution in [2.45, 2.75) is 13.5 Å². The highest BCUT2D eigenvalue weighted by molar-refractivity contribution is 5.92. The molecule has 0 atom stereocenters.